The van der Waals surface area contributed by atoms with E-state index in [1.54, 1.807) is 10.00 Å². The number of pyridine rings is 1. The molecule has 1 saturated heterocycles. The van der Waals surface area contributed by atoms with Crippen molar-refractivity contribution in [2.45, 2.75) is 43.9 Å². The van der Waals surface area contributed by atoms with Gasteiger partial charge in [-0.05, 0) is 19.9 Å². The SMILES string of the molecule is C[C@@H](COC[C@](C)(O)C(=O)N1CCN2c3ncc(C(F)(F)F)cc3OC[C@@H]2C1)Nc1cn[nH]c(=O)c1C(F)(F)F. The van der Waals surface area contributed by atoms with Crippen LogP contribution in [0.2, 0.25) is 0 Å². The number of H-pyrrole nitrogens is 1. The summed E-state index contributed by atoms with van der Waals surface area (Å²) in [5.74, 6) is -0.443. The lowest BCUT2D eigenvalue weighted by Crippen LogP contribution is -2.62. The summed E-state index contributed by atoms with van der Waals surface area (Å²) >= 11 is 0. The predicted molar refractivity (Wildman–Crippen MR) is 127 cm³/mol. The molecule has 220 valence electrons. The van der Waals surface area contributed by atoms with Crippen LogP contribution in [0, 0.1) is 0 Å². The first kappa shape index (κ1) is 29.4. The summed E-state index contributed by atoms with van der Waals surface area (Å²) in [6, 6.07) is -0.297. The average Bonchev–Trinajstić information content (AvgIpc) is 2.86. The number of nitrogens with one attached hydrogen (secondary N) is 2. The Morgan fingerprint density at radius 3 is 2.65 bits per heavy atom. The van der Waals surface area contributed by atoms with Crippen LogP contribution < -0.4 is 20.5 Å². The molecule has 40 heavy (non-hydrogen) atoms. The Hall–Kier alpha value is -3.60. The molecule has 0 radical (unpaired) electrons. The minimum atomic E-state index is -4.92. The van der Waals surface area contributed by atoms with Gasteiger partial charge in [-0.15, -0.1) is 0 Å². The zero-order chi connectivity index (χ0) is 29.5. The first-order valence-electron chi connectivity index (χ1n) is 12.1. The maximum absolute atomic E-state index is 13.2. The van der Waals surface area contributed by atoms with Gasteiger partial charge in [0, 0.05) is 31.9 Å². The molecular weight excluding hydrogens is 554 g/mol. The van der Waals surface area contributed by atoms with Crippen molar-refractivity contribution in [2.75, 3.05) is 49.7 Å². The summed E-state index contributed by atoms with van der Waals surface area (Å²) in [6.07, 6.45) is -7.96. The molecule has 2 aromatic heterocycles. The number of carbonyl (C=O) groups is 1. The van der Waals surface area contributed by atoms with Crippen LogP contribution in [-0.2, 0) is 21.9 Å². The molecule has 11 nitrogen and oxygen atoms in total. The number of carbonyl (C=O) groups excluding carboxylic acids is 1. The lowest BCUT2D eigenvalue weighted by atomic mass is 10.0. The van der Waals surface area contributed by atoms with Crippen molar-refractivity contribution in [1.29, 1.82) is 0 Å². The number of aromatic amines is 1. The van der Waals surface area contributed by atoms with Gasteiger partial charge in [0.2, 0.25) is 0 Å². The van der Waals surface area contributed by atoms with Gasteiger partial charge in [-0.3, -0.25) is 9.59 Å². The van der Waals surface area contributed by atoms with E-state index in [1.807, 2.05) is 0 Å². The number of ether oxygens (including phenoxy) is 2. The van der Waals surface area contributed by atoms with E-state index in [0.717, 1.165) is 18.5 Å². The Labute approximate surface area is 223 Å². The molecule has 0 saturated carbocycles. The number of fused-ring (bicyclic) bond motifs is 3. The number of alkyl halides is 6. The number of rotatable bonds is 7. The van der Waals surface area contributed by atoms with Crippen molar-refractivity contribution in [1.82, 2.24) is 20.1 Å². The van der Waals surface area contributed by atoms with Crippen LogP contribution in [0.1, 0.15) is 25.0 Å². The van der Waals surface area contributed by atoms with Crippen molar-refractivity contribution >= 4 is 17.4 Å². The van der Waals surface area contributed by atoms with E-state index in [0.29, 0.717) is 0 Å². The minimum Gasteiger partial charge on any atom is -0.487 e. The summed E-state index contributed by atoms with van der Waals surface area (Å²) in [4.78, 5) is 31.7. The van der Waals surface area contributed by atoms with E-state index < -0.39 is 64.9 Å². The number of anilines is 2. The molecule has 1 amide bonds. The fourth-order valence-electron chi connectivity index (χ4n) is 4.49. The molecule has 0 aliphatic carbocycles. The molecule has 0 aromatic carbocycles. The number of hydrogen-bond donors (Lipinski definition) is 3. The molecule has 3 N–H and O–H groups in total. The Morgan fingerprint density at radius 1 is 1.25 bits per heavy atom. The van der Waals surface area contributed by atoms with Gasteiger partial charge in [-0.1, -0.05) is 0 Å². The molecule has 0 spiro atoms. The van der Waals surface area contributed by atoms with Gasteiger partial charge in [0.1, 0.15) is 12.2 Å². The molecule has 2 aliphatic heterocycles. The standard InChI is InChI=1S/C23H26F6N6O5/c1-12(32-15-7-31-33-19(36)17(15)23(27,28)29)9-39-11-21(2,38)20(37)34-3-4-35-14(8-34)10-40-16-5-13(22(24,25)26)6-30-18(16)35/h5-7,12,14,38H,3-4,8-11H2,1-2H3,(H2,32,33,36)/t12-,14-,21-/m0/s1. The van der Waals surface area contributed by atoms with Crippen molar-refractivity contribution in [3.63, 3.8) is 0 Å². The molecule has 4 rings (SSSR count). The van der Waals surface area contributed by atoms with E-state index in [-0.39, 0.29) is 44.4 Å². The van der Waals surface area contributed by atoms with Gasteiger partial charge in [-0.25, -0.2) is 10.1 Å². The second-order valence-corrected chi connectivity index (χ2v) is 9.77. The van der Waals surface area contributed by atoms with E-state index in [1.165, 1.54) is 18.7 Å². The van der Waals surface area contributed by atoms with Crippen LogP contribution in [-0.4, -0.2) is 88.2 Å². The first-order chi connectivity index (χ1) is 18.6. The van der Waals surface area contributed by atoms with Gasteiger partial charge in [0.15, 0.2) is 17.2 Å². The zero-order valence-electron chi connectivity index (χ0n) is 21.3. The summed E-state index contributed by atoms with van der Waals surface area (Å²) < 4.78 is 89.6. The van der Waals surface area contributed by atoms with Gasteiger partial charge in [-0.2, -0.15) is 31.4 Å². The fourth-order valence-corrected chi connectivity index (χ4v) is 4.49. The van der Waals surface area contributed by atoms with Gasteiger partial charge in [0.05, 0.1) is 36.7 Å². The van der Waals surface area contributed by atoms with Gasteiger partial charge in [0.25, 0.3) is 11.5 Å². The maximum atomic E-state index is 13.2. The van der Waals surface area contributed by atoms with Crippen LogP contribution in [0.3, 0.4) is 0 Å². The highest BCUT2D eigenvalue weighted by Crippen LogP contribution is 2.38. The van der Waals surface area contributed by atoms with E-state index >= 15 is 0 Å². The molecule has 0 unspecified atom stereocenters. The quantitative estimate of drug-likeness (QED) is 0.420. The molecule has 4 heterocycles. The molecular formula is C23H26F6N6O5. The summed E-state index contributed by atoms with van der Waals surface area (Å²) in [5, 5.41) is 18.4. The summed E-state index contributed by atoms with van der Waals surface area (Å²) in [7, 11) is 0. The smallest absolute Gasteiger partial charge is 0.423 e. The Morgan fingerprint density at radius 2 is 1.98 bits per heavy atom. The van der Waals surface area contributed by atoms with Crippen LogP contribution in [0.5, 0.6) is 5.75 Å². The first-order valence-corrected chi connectivity index (χ1v) is 12.1. The van der Waals surface area contributed by atoms with Crippen molar-refractivity contribution in [3.8, 4) is 5.75 Å². The van der Waals surface area contributed by atoms with E-state index in [9.17, 15) is 41.0 Å². The monoisotopic (exact) mass is 580 g/mol. The van der Waals surface area contributed by atoms with Gasteiger partial charge >= 0.3 is 12.4 Å². The van der Waals surface area contributed by atoms with Crippen molar-refractivity contribution in [3.05, 3.63) is 39.9 Å². The summed E-state index contributed by atoms with van der Waals surface area (Å²) in [5.41, 5.74) is -6.33. The molecule has 2 aromatic rings. The molecule has 17 heteroatoms. The molecule has 0 bridgehead atoms. The highest BCUT2D eigenvalue weighted by atomic mass is 19.4. The fraction of sp³-hybridized carbons (Fsp3) is 0.565. The zero-order valence-corrected chi connectivity index (χ0v) is 21.3. The van der Waals surface area contributed by atoms with Crippen LogP contribution in [0.15, 0.2) is 23.3 Å². The molecule has 1 fully saturated rings. The lowest BCUT2D eigenvalue weighted by molar-refractivity contribution is -0.156. The van der Waals surface area contributed by atoms with Crippen molar-refractivity contribution in [2.24, 2.45) is 0 Å². The second-order valence-electron chi connectivity index (χ2n) is 9.77. The molecule has 2 aliphatic rings. The number of piperazine rings is 1. The third kappa shape index (κ3) is 6.24. The highest BCUT2D eigenvalue weighted by Gasteiger charge is 2.42. The van der Waals surface area contributed by atoms with Crippen LogP contribution in [0.25, 0.3) is 0 Å². The maximum Gasteiger partial charge on any atom is 0.423 e. The predicted octanol–water partition coefficient (Wildman–Crippen LogP) is 1.88. The van der Waals surface area contributed by atoms with Crippen LogP contribution >= 0.6 is 0 Å². The molecule has 3 atom stereocenters. The number of halogens is 6. The largest absolute Gasteiger partial charge is 0.487 e. The van der Waals surface area contributed by atoms with E-state index in [2.05, 4.69) is 15.4 Å². The number of aliphatic hydroxyl groups is 1. The highest BCUT2D eigenvalue weighted by molar-refractivity contribution is 5.85. The van der Waals surface area contributed by atoms with E-state index in [4.69, 9.17) is 9.47 Å². The Kier molecular flexibility index (Phi) is 7.90. The third-order valence-electron chi connectivity index (χ3n) is 6.39. The topological polar surface area (TPSA) is 133 Å². The third-order valence-corrected chi connectivity index (χ3v) is 6.39. The normalized spacial score (nSPS) is 19.7. The number of amides is 1. The summed E-state index contributed by atoms with van der Waals surface area (Å²) in [6.45, 7) is 2.47. The van der Waals surface area contributed by atoms with Crippen molar-refractivity contribution < 1.29 is 45.7 Å². The average molecular weight is 580 g/mol. The Bertz CT molecular complexity index is 1300. The number of nitrogens with zero attached hydrogens (tertiary/aromatic N) is 4. The Balaban J connectivity index is 1.32. The number of aromatic nitrogens is 3. The number of hydrogen-bond acceptors (Lipinski definition) is 9. The van der Waals surface area contributed by atoms with Gasteiger partial charge < -0.3 is 29.7 Å². The lowest BCUT2D eigenvalue weighted by Gasteiger charge is -2.46. The second kappa shape index (κ2) is 10.8. The van der Waals surface area contributed by atoms with Crippen LogP contribution in [0.4, 0.5) is 37.8 Å². The minimum absolute atomic E-state index is 0.00130.